The molecular weight excluding hydrogens is 358 g/mol. The summed E-state index contributed by atoms with van der Waals surface area (Å²) in [7, 11) is 0. The molecule has 3 aromatic rings. The molecular formula is C21H23N3O2S. The molecule has 0 saturated heterocycles. The highest BCUT2D eigenvalue weighted by Crippen LogP contribution is 2.30. The Balaban J connectivity index is 1.51. The lowest BCUT2D eigenvalue weighted by molar-refractivity contribution is -0.123. The molecule has 0 bridgehead atoms. The molecule has 1 aliphatic carbocycles. The molecule has 5 nitrogen and oxygen atoms in total. The topological polar surface area (TPSA) is 76.0 Å². The summed E-state index contributed by atoms with van der Waals surface area (Å²) in [6.45, 7) is 2.22. The van der Waals surface area contributed by atoms with Gasteiger partial charge in [0.15, 0.2) is 0 Å². The largest absolute Gasteiger partial charge is 0.396 e. The summed E-state index contributed by atoms with van der Waals surface area (Å²) in [5.41, 5.74) is 1.72. The summed E-state index contributed by atoms with van der Waals surface area (Å²) in [6.07, 6.45) is 9.52. The minimum atomic E-state index is 0.110. The first-order valence-corrected chi connectivity index (χ1v) is 10.2. The van der Waals surface area contributed by atoms with Gasteiger partial charge in [-0.3, -0.25) is 14.8 Å². The third kappa shape index (κ3) is 4.06. The molecule has 0 aliphatic heterocycles. The molecule has 0 aromatic carbocycles. The molecule has 0 spiro atoms. The number of nitrogens with zero attached hydrogens (tertiary/aromatic N) is 3. The van der Waals surface area contributed by atoms with Crippen LogP contribution in [0.3, 0.4) is 0 Å². The first kappa shape index (κ1) is 18.2. The Morgan fingerprint density at radius 1 is 1.07 bits per heavy atom. The van der Waals surface area contributed by atoms with Crippen LogP contribution < -0.4 is 0 Å². The molecule has 1 fully saturated rings. The average molecular weight is 382 g/mol. The number of pyridine rings is 2. The maximum Gasteiger partial charge on any atom is 0.141 e. The molecule has 4 rings (SSSR count). The summed E-state index contributed by atoms with van der Waals surface area (Å²) in [5, 5.41) is 12.3. The minimum absolute atomic E-state index is 0.110. The van der Waals surface area contributed by atoms with Gasteiger partial charge in [0.25, 0.3) is 0 Å². The van der Waals surface area contributed by atoms with Crippen molar-refractivity contribution in [2.75, 3.05) is 6.61 Å². The molecule has 140 valence electrons. The Morgan fingerprint density at radius 3 is 2.56 bits per heavy atom. The van der Waals surface area contributed by atoms with Crippen molar-refractivity contribution in [1.29, 1.82) is 0 Å². The lowest BCUT2D eigenvalue weighted by Gasteiger charge is -2.26. The molecule has 6 heteroatoms. The van der Waals surface area contributed by atoms with Crippen LogP contribution in [0.4, 0.5) is 0 Å². The van der Waals surface area contributed by atoms with Crippen molar-refractivity contribution in [3.8, 4) is 10.6 Å². The summed E-state index contributed by atoms with van der Waals surface area (Å²) < 4.78 is 0. The molecule has 0 atom stereocenters. The van der Waals surface area contributed by atoms with Gasteiger partial charge in [0.1, 0.15) is 5.78 Å². The van der Waals surface area contributed by atoms with E-state index in [0.29, 0.717) is 12.3 Å². The van der Waals surface area contributed by atoms with Crippen molar-refractivity contribution in [3.63, 3.8) is 0 Å². The van der Waals surface area contributed by atoms with Crippen molar-refractivity contribution < 1.29 is 9.90 Å². The van der Waals surface area contributed by atoms with Crippen LogP contribution >= 0.6 is 11.3 Å². The van der Waals surface area contributed by atoms with Crippen LogP contribution in [-0.2, 0) is 11.2 Å². The Bertz CT molecular complexity index is 961. The SMILES string of the molecule is Cc1ncc(-c2cc3cc(CC(=O)C4CCC(CO)CC4)ncc3cn2)s1. The van der Waals surface area contributed by atoms with E-state index < -0.39 is 0 Å². The number of fused-ring (bicyclic) bond motifs is 1. The number of aromatic nitrogens is 3. The van der Waals surface area contributed by atoms with E-state index in [1.54, 1.807) is 17.5 Å². The first-order valence-electron chi connectivity index (χ1n) is 9.43. The van der Waals surface area contributed by atoms with Crippen LogP contribution in [0.2, 0.25) is 0 Å². The van der Waals surface area contributed by atoms with Crippen LogP contribution in [-0.4, -0.2) is 32.4 Å². The number of aliphatic hydroxyl groups is 1. The number of rotatable bonds is 5. The van der Waals surface area contributed by atoms with Gasteiger partial charge in [0.2, 0.25) is 0 Å². The number of carbonyl (C=O) groups excluding carboxylic acids is 1. The standard InChI is InChI=1S/C21H23N3O2S/c1-13-22-11-21(27-13)19-7-16-6-18(23-9-17(16)10-24-19)8-20(26)15-4-2-14(12-25)3-5-15/h6-7,9-11,14-15,25H,2-5,8,12H2,1H3. The number of carbonyl (C=O) groups is 1. The second kappa shape index (κ2) is 7.82. The van der Waals surface area contributed by atoms with Crippen LogP contribution in [0.15, 0.2) is 30.7 Å². The van der Waals surface area contributed by atoms with E-state index in [1.165, 1.54) is 0 Å². The molecule has 3 aromatic heterocycles. The first-order chi connectivity index (χ1) is 13.1. The third-order valence-electron chi connectivity index (χ3n) is 5.45. The third-order valence-corrected chi connectivity index (χ3v) is 6.38. The van der Waals surface area contributed by atoms with Gasteiger partial charge >= 0.3 is 0 Å². The van der Waals surface area contributed by atoms with Crippen LogP contribution in [0.5, 0.6) is 0 Å². The fraction of sp³-hybridized carbons (Fsp3) is 0.429. The summed E-state index contributed by atoms with van der Waals surface area (Å²) in [4.78, 5) is 27.0. The quantitative estimate of drug-likeness (QED) is 0.724. The summed E-state index contributed by atoms with van der Waals surface area (Å²) in [6, 6.07) is 4.05. The number of aryl methyl sites for hydroxylation is 1. The predicted molar refractivity (Wildman–Crippen MR) is 107 cm³/mol. The van der Waals surface area contributed by atoms with Crippen molar-refractivity contribution in [3.05, 3.63) is 41.4 Å². The Hall–Kier alpha value is -2.18. The average Bonchev–Trinajstić information content (AvgIpc) is 3.14. The van der Waals surface area contributed by atoms with E-state index in [4.69, 9.17) is 0 Å². The van der Waals surface area contributed by atoms with Gasteiger partial charge in [-0.05, 0) is 56.0 Å². The second-order valence-electron chi connectivity index (χ2n) is 7.38. The lowest BCUT2D eigenvalue weighted by atomic mass is 9.79. The molecule has 1 N–H and O–H groups in total. The summed E-state index contributed by atoms with van der Waals surface area (Å²) >= 11 is 1.62. The van der Waals surface area contributed by atoms with Crippen LogP contribution in [0.25, 0.3) is 21.3 Å². The van der Waals surface area contributed by atoms with E-state index in [-0.39, 0.29) is 18.3 Å². The van der Waals surface area contributed by atoms with E-state index in [0.717, 1.165) is 57.7 Å². The van der Waals surface area contributed by atoms with Crippen molar-refractivity contribution in [1.82, 2.24) is 15.0 Å². The van der Waals surface area contributed by atoms with Gasteiger partial charge in [-0.15, -0.1) is 11.3 Å². The van der Waals surface area contributed by atoms with Crippen molar-refractivity contribution in [2.45, 2.75) is 39.0 Å². The zero-order valence-corrected chi connectivity index (χ0v) is 16.2. The maximum absolute atomic E-state index is 12.7. The molecule has 0 amide bonds. The minimum Gasteiger partial charge on any atom is -0.396 e. The molecule has 1 aliphatic rings. The van der Waals surface area contributed by atoms with E-state index in [2.05, 4.69) is 15.0 Å². The van der Waals surface area contributed by atoms with Gasteiger partial charge in [-0.2, -0.15) is 0 Å². The fourth-order valence-electron chi connectivity index (χ4n) is 3.78. The van der Waals surface area contributed by atoms with Gasteiger partial charge in [-0.25, -0.2) is 4.98 Å². The second-order valence-corrected chi connectivity index (χ2v) is 8.61. The van der Waals surface area contributed by atoms with Crippen molar-refractivity contribution in [2.24, 2.45) is 11.8 Å². The molecule has 0 unspecified atom stereocenters. The highest BCUT2D eigenvalue weighted by molar-refractivity contribution is 7.15. The zero-order chi connectivity index (χ0) is 18.8. The van der Waals surface area contributed by atoms with Gasteiger partial charge in [-0.1, -0.05) is 0 Å². The number of Topliss-reactive ketones (excluding diaryl/α,β-unsaturated/α-hetero) is 1. The lowest BCUT2D eigenvalue weighted by Crippen LogP contribution is -2.24. The molecule has 3 heterocycles. The van der Waals surface area contributed by atoms with E-state index >= 15 is 0 Å². The number of hydrogen-bond acceptors (Lipinski definition) is 6. The normalized spacial score (nSPS) is 20.1. The monoisotopic (exact) mass is 381 g/mol. The maximum atomic E-state index is 12.7. The Morgan fingerprint density at radius 2 is 1.85 bits per heavy atom. The molecule has 1 saturated carbocycles. The van der Waals surface area contributed by atoms with Crippen LogP contribution in [0, 0.1) is 18.8 Å². The van der Waals surface area contributed by atoms with E-state index in [1.807, 2.05) is 31.5 Å². The fourth-order valence-corrected chi connectivity index (χ4v) is 4.53. The molecule has 0 radical (unpaired) electrons. The van der Waals surface area contributed by atoms with E-state index in [9.17, 15) is 9.90 Å². The number of ketones is 1. The number of hydrogen-bond donors (Lipinski definition) is 1. The number of thiazole rings is 1. The predicted octanol–water partition coefficient (Wildman–Crippen LogP) is 3.97. The van der Waals surface area contributed by atoms with Gasteiger partial charge < -0.3 is 5.11 Å². The zero-order valence-electron chi connectivity index (χ0n) is 15.4. The summed E-state index contributed by atoms with van der Waals surface area (Å²) in [5.74, 6) is 0.748. The Labute approximate surface area is 162 Å². The smallest absolute Gasteiger partial charge is 0.141 e. The Kier molecular flexibility index (Phi) is 5.27. The van der Waals surface area contributed by atoms with Gasteiger partial charge in [0.05, 0.1) is 15.6 Å². The highest BCUT2D eigenvalue weighted by atomic mass is 32.1. The van der Waals surface area contributed by atoms with Crippen LogP contribution in [0.1, 0.15) is 36.4 Å². The van der Waals surface area contributed by atoms with Crippen molar-refractivity contribution >= 4 is 27.9 Å². The highest BCUT2D eigenvalue weighted by Gasteiger charge is 2.26. The van der Waals surface area contributed by atoms with Gasteiger partial charge in [0, 0.05) is 48.6 Å². The number of aliphatic hydroxyl groups excluding tert-OH is 1. The molecule has 27 heavy (non-hydrogen) atoms.